The molecule has 2 aromatic carbocycles. The van der Waals surface area contributed by atoms with E-state index in [1.807, 2.05) is 36.5 Å². The van der Waals surface area contributed by atoms with E-state index >= 15 is 0 Å². The summed E-state index contributed by atoms with van der Waals surface area (Å²) in [6.45, 7) is 0. The Kier molecular flexibility index (Phi) is 3.25. The number of methoxy groups -OCH3 is 1. The summed E-state index contributed by atoms with van der Waals surface area (Å²) in [5.74, 6) is 0.868. The van der Waals surface area contributed by atoms with E-state index in [9.17, 15) is 0 Å². The van der Waals surface area contributed by atoms with E-state index in [-0.39, 0.29) is 0 Å². The number of benzene rings is 2. The van der Waals surface area contributed by atoms with E-state index in [0.29, 0.717) is 0 Å². The minimum atomic E-state index is 0.868. The maximum atomic E-state index is 5.42. The van der Waals surface area contributed by atoms with Crippen LogP contribution >= 0.6 is 0 Å². The maximum Gasteiger partial charge on any atom is 0.126 e. The molecule has 0 radical (unpaired) electrons. The second kappa shape index (κ2) is 5.21. The molecule has 0 spiro atoms. The normalized spacial score (nSPS) is 10.5. The van der Waals surface area contributed by atoms with Gasteiger partial charge in [-0.3, -0.25) is 4.98 Å². The summed E-state index contributed by atoms with van der Waals surface area (Å²) in [6.07, 6.45) is 3.67. The Balaban J connectivity index is 2.18. The Morgan fingerprint density at radius 3 is 2.50 bits per heavy atom. The Morgan fingerprint density at radius 1 is 0.950 bits per heavy atom. The third kappa shape index (κ3) is 2.07. The zero-order valence-corrected chi connectivity index (χ0v) is 11.6. The Labute approximate surface area is 118 Å². The molecule has 0 bridgehead atoms. The van der Waals surface area contributed by atoms with Crippen LogP contribution in [-0.2, 0) is 0 Å². The molecule has 1 heterocycles. The number of rotatable bonds is 3. The zero-order valence-electron chi connectivity index (χ0n) is 11.6. The van der Waals surface area contributed by atoms with Crippen LogP contribution < -0.4 is 9.64 Å². The molecule has 0 aliphatic rings. The number of nitrogens with zero attached hydrogens (tertiary/aromatic N) is 2. The first-order chi connectivity index (χ1) is 9.81. The molecule has 1 aromatic heterocycles. The lowest BCUT2D eigenvalue weighted by molar-refractivity contribution is 0.420. The molecule has 0 aliphatic carbocycles. The number of para-hydroxylation sites is 1. The lowest BCUT2D eigenvalue weighted by atomic mass is 10.1. The fraction of sp³-hybridized carbons (Fsp3) is 0.118. The molecule has 0 fully saturated rings. The lowest BCUT2D eigenvalue weighted by Crippen LogP contribution is -2.09. The molecule has 0 amide bonds. The van der Waals surface area contributed by atoms with Crippen molar-refractivity contribution in [1.29, 1.82) is 0 Å². The summed E-state index contributed by atoms with van der Waals surface area (Å²) in [6, 6.07) is 16.3. The molecule has 0 N–H and O–H groups in total. The van der Waals surface area contributed by atoms with Crippen LogP contribution in [0.2, 0.25) is 0 Å². The highest BCUT2D eigenvalue weighted by Crippen LogP contribution is 2.35. The van der Waals surface area contributed by atoms with Gasteiger partial charge in [0.1, 0.15) is 5.75 Å². The van der Waals surface area contributed by atoms with Crippen molar-refractivity contribution in [3.8, 4) is 5.75 Å². The van der Waals surface area contributed by atoms with Crippen molar-refractivity contribution < 1.29 is 4.74 Å². The molecular weight excluding hydrogens is 248 g/mol. The molecule has 20 heavy (non-hydrogen) atoms. The predicted octanol–water partition coefficient (Wildman–Crippen LogP) is 4.01. The van der Waals surface area contributed by atoms with E-state index in [0.717, 1.165) is 27.9 Å². The van der Waals surface area contributed by atoms with E-state index in [2.05, 4.69) is 35.1 Å². The van der Waals surface area contributed by atoms with Gasteiger partial charge in [-0.1, -0.05) is 18.2 Å². The standard InChI is InChI=1S/C17H16N2O/c1-19(13-6-4-3-5-7-13)16-8-9-17(20-2)14-10-11-18-12-15(14)16/h3-12H,1-2H3. The highest BCUT2D eigenvalue weighted by molar-refractivity contribution is 5.99. The zero-order chi connectivity index (χ0) is 13.9. The molecule has 0 unspecified atom stereocenters. The molecular formula is C17H16N2O. The van der Waals surface area contributed by atoms with Crippen LogP contribution in [-0.4, -0.2) is 19.1 Å². The summed E-state index contributed by atoms with van der Waals surface area (Å²) in [5, 5.41) is 2.15. The minimum Gasteiger partial charge on any atom is -0.496 e. The monoisotopic (exact) mass is 264 g/mol. The molecule has 3 rings (SSSR count). The Morgan fingerprint density at radius 2 is 1.75 bits per heavy atom. The van der Waals surface area contributed by atoms with Crippen molar-refractivity contribution in [3.63, 3.8) is 0 Å². The number of anilines is 2. The van der Waals surface area contributed by atoms with Crippen molar-refractivity contribution >= 4 is 22.1 Å². The quantitative estimate of drug-likeness (QED) is 0.714. The van der Waals surface area contributed by atoms with Gasteiger partial charge in [0.2, 0.25) is 0 Å². The first kappa shape index (κ1) is 12.5. The summed E-state index contributed by atoms with van der Waals surface area (Å²) in [5.41, 5.74) is 2.25. The molecule has 0 atom stereocenters. The SMILES string of the molecule is COc1ccc(N(C)c2ccccc2)c2cnccc12. The van der Waals surface area contributed by atoms with Crippen LogP contribution in [0, 0.1) is 0 Å². The smallest absolute Gasteiger partial charge is 0.126 e. The largest absolute Gasteiger partial charge is 0.496 e. The van der Waals surface area contributed by atoms with Gasteiger partial charge >= 0.3 is 0 Å². The van der Waals surface area contributed by atoms with E-state index in [4.69, 9.17) is 4.74 Å². The Bertz CT molecular complexity index is 725. The van der Waals surface area contributed by atoms with Crippen LogP contribution in [0.1, 0.15) is 0 Å². The fourth-order valence-electron chi connectivity index (χ4n) is 2.41. The van der Waals surface area contributed by atoms with Gasteiger partial charge < -0.3 is 9.64 Å². The van der Waals surface area contributed by atoms with Gasteiger partial charge in [-0.05, 0) is 30.3 Å². The highest BCUT2D eigenvalue weighted by Gasteiger charge is 2.11. The second-order valence-electron chi connectivity index (χ2n) is 4.60. The predicted molar refractivity (Wildman–Crippen MR) is 82.8 cm³/mol. The van der Waals surface area contributed by atoms with Gasteiger partial charge in [0, 0.05) is 35.9 Å². The van der Waals surface area contributed by atoms with Gasteiger partial charge in [0.15, 0.2) is 0 Å². The lowest BCUT2D eigenvalue weighted by Gasteiger charge is -2.22. The number of aromatic nitrogens is 1. The topological polar surface area (TPSA) is 25.4 Å². The fourth-order valence-corrected chi connectivity index (χ4v) is 2.41. The number of hydrogen-bond donors (Lipinski definition) is 0. The van der Waals surface area contributed by atoms with E-state index in [1.165, 1.54) is 0 Å². The van der Waals surface area contributed by atoms with Crippen molar-refractivity contribution in [2.45, 2.75) is 0 Å². The minimum absolute atomic E-state index is 0.868. The molecule has 0 saturated carbocycles. The van der Waals surface area contributed by atoms with Crippen LogP contribution in [0.15, 0.2) is 60.9 Å². The number of hydrogen-bond acceptors (Lipinski definition) is 3. The second-order valence-corrected chi connectivity index (χ2v) is 4.60. The molecule has 3 heteroatoms. The van der Waals surface area contributed by atoms with Crippen LogP contribution in [0.5, 0.6) is 5.75 Å². The Hall–Kier alpha value is -2.55. The molecule has 100 valence electrons. The number of fused-ring (bicyclic) bond motifs is 1. The number of pyridine rings is 1. The van der Waals surface area contributed by atoms with Crippen LogP contribution in [0.3, 0.4) is 0 Å². The number of ether oxygens (including phenoxy) is 1. The van der Waals surface area contributed by atoms with Gasteiger partial charge in [-0.25, -0.2) is 0 Å². The molecule has 3 nitrogen and oxygen atoms in total. The van der Waals surface area contributed by atoms with Gasteiger partial charge in [-0.2, -0.15) is 0 Å². The molecule has 0 saturated heterocycles. The van der Waals surface area contributed by atoms with Crippen molar-refractivity contribution in [2.24, 2.45) is 0 Å². The first-order valence-electron chi connectivity index (χ1n) is 6.51. The first-order valence-corrected chi connectivity index (χ1v) is 6.51. The third-order valence-electron chi connectivity index (χ3n) is 3.48. The van der Waals surface area contributed by atoms with E-state index in [1.54, 1.807) is 13.3 Å². The summed E-state index contributed by atoms with van der Waals surface area (Å²) < 4.78 is 5.42. The van der Waals surface area contributed by atoms with Crippen molar-refractivity contribution in [1.82, 2.24) is 4.98 Å². The van der Waals surface area contributed by atoms with Crippen molar-refractivity contribution in [3.05, 3.63) is 60.9 Å². The van der Waals surface area contributed by atoms with E-state index < -0.39 is 0 Å². The summed E-state index contributed by atoms with van der Waals surface area (Å²) >= 11 is 0. The van der Waals surface area contributed by atoms with Crippen LogP contribution in [0.25, 0.3) is 10.8 Å². The van der Waals surface area contributed by atoms with Gasteiger partial charge in [0.05, 0.1) is 12.8 Å². The van der Waals surface area contributed by atoms with Crippen molar-refractivity contribution in [2.75, 3.05) is 19.1 Å². The van der Waals surface area contributed by atoms with Crippen LogP contribution in [0.4, 0.5) is 11.4 Å². The average Bonchev–Trinajstić information content (AvgIpc) is 2.54. The highest BCUT2D eigenvalue weighted by atomic mass is 16.5. The molecule has 0 aliphatic heterocycles. The average molecular weight is 264 g/mol. The van der Waals surface area contributed by atoms with Gasteiger partial charge in [0.25, 0.3) is 0 Å². The molecule has 3 aromatic rings. The maximum absolute atomic E-state index is 5.42. The van der Waals surface area contributed by atoms with Gasteiger partial charge in [-0.15, -0.1) is 0 Å². The third-order valence-corrected chi connectivity index (χ3v) is 3.48. The summed E-state index contributed by atoms with van der Waals surface area (Å²) in [4.78, 5) is 6.40. The summed E-state index contributed by atoms with van der Waals surface area (Å²) in [7, 11) is 3.75.